The van der Waals surface area contributed by atoms with Crippen LogP contribution >= 0.6 is 0 Å². The molecular weight excluding hydrogens is 310 g/mol. The lowest BCUT2D eigenvalue weighted by atomic mass is 10.0. The number of likely N-dealkylation sites (tertiary alicyclic amines) is 1. The number of methoxy groups -OCH3 is 1. The lowest BCUT2D eigenvalue weighted by molar-refractivity contribution is -0.132. The third kappa shape index (κ3) is 3.24. The van der Waals surface area contributed by atoms with Gasteiger partial charge in [0.1, 0.15) is 12.3 Å². The number of nitrogens with zero attached hydrogens (tertiary/aromatic N) is 2. The molecule has 0 bridgehead atoms. The first-order chi connectivity index (χ1) is 11.6. The number of carbonyl (C=O) groups is 1. The van der Waals surface area contributed by atoms with Gasteiger partial charge < -0.3 is 9.64 Å². The van der Waals surface area contributed by atoms with Crippen LogP contribution < -0.4 is 16.0 Å². The summed E-state index contributed by atoms with van der Waals surface area (Å²) >= 11 is 0. The smallest absolute Gasteiger partial charge is 0.328 e. The van der Waals surface area contributed by atoms with E-state index in [4.69, 9.17) is 4.74 Å². The summed E-state index contributed by atoms with van der Waals surface area (Å²) in [6.45, 7) is 0.564. The molecule has 7 heteroatoms. The fraction of sp³-hybridized carbons (Fsp3) is 0.353. The number of ether oxygens (including phenoxy) is 1. The van der Waals surface area contributed by atoms with Crippen LogP contribution in [0.3, 0.4) is 0 Å². The summed E-state index contributed by atoms with van der Waals surface area (Å²) in [7, 11) is 1.61. The van der Waals surface area contributed by atoms with Crippen LogP contribution in [0.2, 0.25) is 0 Å². The van der Waals surface area contributed by atoms with Gasteiger partial charge in [-0.05, 0) is 30.5 Å². The summed E-state index contributed by atoms with van der Waals surface area (Å²) < 4.78 is 6.46. The number of carbonyl (C=O) groups excluding carboxylic acids is 1. The molecule has 1 aliphatic rings. The Morgan fingerprint density at radius 2 is 2.17 bits per heavy atom. The van der Waals surface area contributed by atoms with Crippen LogP contribution in [-0.2, 0) is 11.3 Å². The lowest BCUT2D eigenvalue weighted by Gasteiger charge is -2.25. The van der Waals surface area contributed by atoms with Crippen molar-refractivity contribution in [2.75, 3.05) is 13.7 Å². The Kier molecular flexibility index (Phi) is 4.50. The molecule has 0 radical (unpaired) electrons. The van der Waals surface area contributed by atoms with Crippen molar-refractivity contribution in [3.05, 3.63) is 62.9 Å². The Hall–Kier alpha value is -2.83. The fourth-order valence-corrected chi connectivity index (χ4v) is 3.07. The van der Waals surface area contributed by atoms with Gasteiger partial charge in [0.15, 0.2) is 0 Å². The molecule has 1 aromatic carbocycles. The van der Waals surface area contributed by atoms with Crippen LogP contribution in [0.1, 0.15) is 24.4 Å². The second-order valence-corrected chi connectivity index (χ2v) is 5.76. The molecule has 24 heavy (non-hydrogen) atoms. The molecule has 1 aliphatic heterocycles. The molecule has 1 unspecified atom stereocenters. The minimum atomic E-state index is -0.576. The molecule has 1 fully saturated rings. The minimum absolute atomic E-state index is 0.0222. The van der Waals surface area contributed by atoms with Crippen molar-refractivity contribution >= 4 is 5.91 Å². The summed E-state index contributed by atoms with van der Waals surface area (Å²) in [4.78, 5) is 39.4. The molecular formula is C17H19N3O4. The second kappa shape index (κ2) is 6.74. The van der Waals surface area contributed by atoms with Gasteiger partial charge in [-0.25, -0.2) is 4.79 Å². The Balaban J connectivity index is 1.80. The summed E-state index contributed by atoms with van der Waals surface area (Å²) in [5.74, 6) is 0.609. The SMILES string of the molecule is COc1cccc(C2CCCN2C(=O)Cn2ccc(=O)[nH]c2=O)c1. The van der Waals surface area contributed by atoms with E-state index in [-0.39, 0.29) is 18.5 Å². The van der Waals surface area contributed by atoms with E-state index in [0.29, 0.717) is 6.54 Å². The van der Waals surface area contributed by atoms with Crippen LogP contribution in [0.25, 0.3) is 0 Å². The third-order valence-electron chi connectivity index (χ3n) is 4.25. The number of benzene rings is 1. The van der Waals surface area contributed by atoms with Crippen LogP contribution in [0.15, 0.2) is 46.1 Å². The van der Waals surface area contributed by atoms with E-state index in [1.165, 1.54) is 16.8 Å². The Bertz CT molecular complexity index is 855. The second-order valence-electron chi connectivity index (χ2n) is 5.76. The molecule has 7 nitrogen and oxygen atoms in total. The summed E-state index contributed by atoms with van der Waals surface area (Å²) in [6, 6.07) is 8.89. The number of aromatic amines is 1. The molecule has 1 N–H and O–H groups in total. The fourth-order valence-electron chi connectivity index (χ4n) is 3.07. The van der Waals surface area contributed by atoms with Gasteiger partial charge in [-0.1, -0.05) is 12.1 Å². The van der Waals surface area contributed by atoms with Crippen LogP contribution in [0, 0.1) is 0 Å². The maximum Gasteiger partial charge on any atom is 0.328 e. The molecule has 0 spiro atoms. The first-order valence-corrected chi connectivity index (χ1v) is 7.81. The molecule has 1 aromatic heterocycles. The van der Waals surface area contributed by atoms with Crippen molar-refractivity contribution in [3.63, 3.8) is 0 Å². The molecule has 126 valence electrons. The zero-order valence-electron chi connectivity index (χ0n) is 13.4. The third-order valence-corrected chi connectivity index (χ3v) is 4.25. The predicted molar refractivity (Wildman–Crippen MR) is 88.0 cm³/mol. The maximum atomic E-state index is 12.6. The average Bonchev–Trinajstić information content (AvgIpc) is 3.07. The molecule has 0 aliphatic carbocycles. The first-order valence-electron chi connectivity index (χ1n) is 7.81. The van der Waals surface area contributed by atoms with Gasteiger partial charge in [0.2, 0.25) is 5.91 Å². The van der Waals surface area contributed by atoms with Crippen molar-refractivity contribution in [1.82, 2.24) is 14.5 Å². The van der Waals surface area contributed by atoms with Gasteiger partial charge in [-0.2, -0.15) is 0 Å². The number of amides is 1. The summed E-state index contributed by atoms with van der Waals surface area (Å²) in [5, 5.41) is 0. The van der Waals surface area contributed by atoms with Crippen molar-refractivity contribution in [3.8, 4) is 5.75 Å². The quantitative estimate of drug-likeness (QED) is 0.903. The highest BCUT2D eigenvalue weighted by atomic mass is 16.5. The Morgan fingerprint density at radius 3 is 2.92 bits per heavy atom. The van der Waals surface area contributed by atoms with Crippen LogP contribution in [-0.4, -0.2) is 34.0 Å². The van der Waals surface area contributed by atoms with Crippen molar-refractivity contribution in [1.29, 1.82) is 0 Å². The van der Waals surface area contributed by atoms with E-state index in [2.05, 4.69) is 4.98 Å². The largest absolute Gasteiger partial charge is 0.497 e. The normalized spacial score (nSPS) is 17.0. The number of aromatic nitrogens is 2. The average molecular weight is 329 g/mol. The number of rotatable bonds is 4. The number of hydrogen-bond donors (Lipinski definition) is 1. The van der Waals surface area contributed by atoms with Gasteiger partial charge in [0.05, 0.1) is 13.2 Å². The van der Waals surface area contributed by atoms with E-state index in [9.17, 15) is 14.4 Å². The molecule has 3 rings (SSSR count). The van der Waals surface area contributed by atoms with E-state index < -0.39 is 11.2 Å². The zero-order chi connectivity index (χ0) is 17.1. The van der Waals surface area contributed by atoms with Crippen molar-refractivity contribution < 1.29 is 9.53 Å². The Labute approximate surface area is 138 Å². The van der Waals surface area contributed by atoms with Crippen LogP contribution in [0.4, 0.5) is 0 Å². The summed E-state index contributed by atoms with van der Waals surface area (Å²) in [6.07, 6.45) is 3.13. The molecule has 0 saturated carbocycles. The van der Waals surface area contributed by atoms with Gasteiger partial charge in [-0.15, -0.1) is 0 Å². The van der Waals surface area contributed by atoms with Crippen LogP contribution in [0.5, 0.6) is 5.75 Å². The number of nitrogens with one attached hydrogen (secondary N) is 1. The molecule has 1 saturated heterocycles. The van der Waals surface area contributed by atoms with E-state index in [0.717, 1.165) is 24.2 Å². The highest BCUT2D eigenvalue weighted by Crippen LogP contribution is 2.33. The van der Waals surface area contributed by atoms with Gasteiger partial charge >= 0.3 is 5.69 Å². The number of H-pyrrole nitrogens is 1. The van der Waals surface area contributed by atoms with Gasteiger partial charge in [0, 0.05) is 18.8 Å². The zero-order valence-corrected chi connectivity index (χ0v) is 13.4. The van der Waals surface area contributed by atoms with Crippen molar-refractivity contribution in [2.24, 2.45) is 0 Å². The lowest BCUT2D eigenvalue weighted by Crippen LogP contribution is -2.38. The first kappa shape index (κ1) is 16.0. The highest BCUT2D eigenvalue weighted by molar-refractivity contribution is 5.77. The standard InChI is InChI=1S/C17H19N3O4/c1-24-13-5-2-4-12(10-13)14-6-3-8-20(14)16(22)11-19-9-7-15(21)18-17(19)23/h2,4-5,7,9-10,14H,3,6,8,11H2,1H3,(H,18,21,23). The molecule has 1 atom stereocenters. The van der Waals surface area contributed by atoms with E-state index in [1.807, 2.05) is 24.3 Å². The van der Waals surface area contributed by atoms with Gasteiger partial charge in [-0.3, -0.25) is 19.1 Å². The highest BCUT2D eigenvalue weighted by Gasteiger charge is 2.30. The Morgan fingerprint density at radius 1 is 1.33 bits per heavy atom. The summed E-state index contributed by atoms with van der Waals surface area (Å²) in [5.41, 5.74) is -0.0267. The predicted octanol–water partition coefficient (Wildman–Crippen LogP) is 0.909. The maximum absolute atomic E-state index is 12.6. The molecule has 2 aromatic rings. The van der Waals surface area contributed by atoms with Gasteiger partial charge in [0.25, 0.3) is 5.56 Å². The molecule has 1 amide bonds. The monoisotopic (exact) mass is 329 g/mol. The topological polar surface area (TPSA) is 84.4 Å². The van der Waals surface area contributed by atoms with Crippen molar-refractivity contribution in [2.45, 2.75) is 25.4 Å². The van der Waals surface area contributed by atoms with E-state index in [1.54, 1.807) is 12.0 Å². The number of hydrogen-bond acceptors (Lipinski definition) is 4. The molecule has 2 heterocycles. The van der Waals surface area contributed by atoms with E-state index >= 15 is 0 Å². The minimum Gasteiger partial charge on any atom is -0.497 e.